The molecule has 14 heavy (non-hydrogen) atoms. The number of anilines is 1. The van der Waals surface area contributed by atoms with Gasteiger partial charge < -0.3 is 15.5 Å². The number of carboxylic acid groups (broad SMARTS) is 1. The molecule has 0 atom stereocenters. The zero-order valence-corrected chi connectivity index (χ0v) is 7.40. The molecule has 0 aliphatic heterocycles. The highest BCUT2D eigenvalue weighted by molar-refractivity contribution is 5.94. The van der Waals surface area contributed by atoms with E-state index in [2.05, 4.69) is 5.32 Å². The van der Waals surface area contributed by atoms with Crippen LogP contribution in [0, 0.1) is 0 Å². The number of aromatic carboxylic acids is 1. The van der Waals surface area contributed by atoms with Crippen LogP contribution in [0.2, 0.25) is 0 Å². The molecule has 0 saturated carbocycles. The summed E-state index contributed by atoms with van der Waals surface area (Å²) in [5, 5.41) is 22.0. The molecule has 0 saturated heterocycles. The van der Waals surface area contributed by atoms with Crippen LogP contribution in [0.3, 0.4) is 0 Å². The Morgan fingerprint density at radius 2 is 2.07 bits per heavy atom. The average Bonchev–Trinajstić information content (AvgIpc) is 2.07. The van der Waals surface area contributed by atoms with E-state index in [1.54, 1.807) is 0 Å². The van der Waals surface area contributed by atoms with E-state index in [1.165, 1.54) is 13.0 Å². The van der Waals surface area contributed by atoms with Crippen molar-refractivity contribution in [2.45, 2.75) is 6.92 Å². The zero-order chi connectivity index (χ0) is 10.7. The third-order valence-electron chi connectivity index (χ3n) is 1.53. The number of carbonyl (C=O) groups is 2. The maximum absolute atomic E-state index is 11.0. The molecule has 0 radical (unpaired) electrons. The number of benzene rings is 1. The lowest BCUT2D eigenvalue weighted by Crippen LogP contribution is -2.09. The Bertz CT molecular complexity index is 386. The van der Waals surface area contributed by atoms with Crippen molar-refractivity contribution in [2.75, 3.05) is 5.32 Å². The van der Waals surface area contributed by atoms with Gasteiger partial charge in [0.2, 0.25) is 5.91 Å². The second-order valence-corrected chi connectivity index (χ2v) is 2.70. The molecule has 5 heteroatoms. The van der Waals surface area contributed by atoms with Gasteiger partial charge in [-0.25, -0.2) is 4.79 Å². The second-order valence-electron chi connectivity index (χ2n) is 2.70. The molecule has 0 spiro atoms. The van der Waals surface area contributed by atoms with Crippen LogP contribution in [0.1, 0.15) is 17.3 Å². The molecular formula is C9H8NO4-. The summed E-state index contributed by atoms with van der Waals surface area (Å²) in [6.45, 7) is 1.30. The molecule has 0 aliphatic rings. The number of carbonyl (C=O) groups excluding carboxylic acids is 1. The number of carboxylic acids is 1. The van der Waals surface area contributed by atoms with E-state index in [9.17, 15) is 14.7 Å². The van der Waals surface area contributed by atoms with Crippen molar-refractivity contribution >= 4 is 17.6 Å². The van der Waals surface area contributed by atoms with Gasteiger partial charge in [0.15, 0.2) is 0 Å². The van der Waals surface area contributed by atoms with Crippen molar-refractivity contribution < 1.29 is 19.8 Å². The highest BCUT2D eigenvalue weighted by atomic mass is 16.4. The summed E-state index contributed by atoms with van der Waals surface area (Å²) in [7, 11) is 0. The van der Waals surface area contributed by atoms with E-state index in [0.29, 0.717) is 5.69 Å². The van der Waals surface area contributed by atoms with Gasteiger partial charge in [-0.1, -0.05) is 11.8 Å². The van der Waals surface area contributed by atoms with Gasteiger partial charge in [-0.05, 0) is 12.1 Å². The fourth-order valence-corrected chi connectivity index (χ4v) is 0.978. The van der Waals surface area contributed by atoms with Crippen LogP contribution in [0.4, 0.5) is 5.69 Å². The Morgan fingerprint density at radius 1 is 1.43 bits per heavy atom. The minimum Gasteiger partial charge on any atom is -0.872 e. The Balaban J connectivity index is 3.06. The standard InChI is InChI=1S/C9H9NO4/c1-5(11)10-6-2-3-8(12)7(4-6)9(13)14/h2-4,12H,1H3,(H,10,11)(H,13,14)/p-1. The van der Waals surface area contributed by atoms with Crippen LogP contribution >= 0.6 is 0 Å². The van der Waals surface area contributed by atoms with E-state index >= 15 is 0 Å². The fraction of sp³-hybridized carbons (Fsp3) is 0.111. The summed E-state index contributed by atoms with van der Waals surface area (Å²) < 4.78 is 0. The van der Waals surface area contributed by atoms with Gasteiger partial charge in [-0.2, -0.15) is 0 Å². The molecule has 74 valence electrons. The molecule has 0 bridgehead atoms. The SMILES string of the molecule is CC(=O)Nc1ccc([O-])c(C(=O)O)c1. The molecule has 2 N–H and O–H groups in total. The minimum atomic E-state index is -1.30. The third-order valence-corrected chi connectivity index (χ3v) is 1.53. The molecule has 0 unspecified atom stereocenters. The average molecular weight is 194 g/mol. The van der Waals surface area contributed by atoms with Crippen LogP contribution in [-0.2, 0) is 4.79 Å². The van der Waals surface area contributed by atoms with Crippen molar-refractivity contribution in [3.05, 3.63) is 23.8 Å². The Kier molecular flexibility index (Phi) is 2.71. The Morgan fingerprint density at radius 3 is 2.57 bits per heavy atom. The number of hydrogen-bond acceptors (Lipinski definition) is 3. The highest BCUT2D eigenvalue weighted by Gasteiger charge is 2.05. The molecule has 5 nitrogen and oxygen atoms in total. The normalized spacial score (nSPS) is 9.50. The topological polar surface area (TPSA) is 89.5 Å². The van der Waals surface area contributed by atoms with Crippen molar-refractivity contribution in [2.24, 2.45) is 0 Å². The van der Waals surface area contributed by atoms with Gasteiger partial charge in [-0.3, -0.25) is 4.79 Å². The lowest BCUT2D eigenvalue weighted by Gasteiger charge is -2.11. The molecule has 0 heterocycles. The van der Waals surface area contributed by atoms with Crippen LogP contribution < -0.4 is 10.4 Å². The van der Waals surface area contributed by atoms with Gasteiger partial charge in [0, 0.05) is 12.6 Å². The molecule has 1 amide bonds. The Labute approximate surface area is 80.0 Å². The Hall–Kier alpha value is -2.04. The lowest BCUT2D eigenvalue weighted by molar-refractivity contribution is -0.268. The second kappa shape index (κ2) is 3.78. The number of amides is 1. The fourth-order valence-electron chi connectivity index (χ4n) is 0.978. The van der Waals surface area contributed by atoms with E-state index in [-0.39, 0.29) is 11.5 Å². The van der Waals surface area contributed by atoms with Gasteiger partial charge >= 0.3 is 5.97 Å². The van der Waals surface area contributed by atoms with Gasteiger partial charge in [0.25, 0.3) is 0 Å². The quantitative estimate of drug-likeness (QED) is 0.713. The predicted octanol–water partition coefficient (Wildman–Crippen LogP) is 0.417. The van der Waals surface area contributed by atoms with Crippen LogP contribution in [0.15, 0.2) is 18.2 Å². The van der Waals surface area contributed by atoms with Gasteiger partial charge in [0.05, 0.1) is 5.56 Å². The monoisotopic (exact) mass is 194 g/mol. The zero-order valence-electron chi connectivity index (χ0n) is 7.40. The van der Waals surface area contributed by atoms with Crippen LogP contribution in [0.5, 0.6) is 5.75 Å². The lowest BCUT2D eigenvalue weighted by atomic mass is 10.2. The first-order valence-corrected chi connectivity index (χ1v) is 3.82. The largest absolute Gasteiger partial charge is 0.872 e. The van der Waals surface area contributed by atoms with Crippen molar-refractivity contribution in [3.63, 3.8) is 0 Å². The van der Waals surface area contributed by atoms with Crippen LogP contribution in [-0.4, -0.2) is 17.0 Å². The number of hydrogen-bond donors (Lipinski definition) is 2. The molecule has 0 fully saturated rings. The summed E-state index contributed by atoms with van der Waals surface area (Å²) in [4.78, 5) is 21.2. The van der Waals surface area contributed by atoms with Gasteiger partial charge in [0.1, 0.15) is 0 Å². The van der Waals surface area contributed by atoms with Crippen molar-refractivity contribution in [1.29, 1.82) is 0 Å². The van der Waals surface area contributed by atoms with E-state index < -0.39 is 11.7 Å². The maximum Gasteiger partial charge on any atom is 0.335 e. The first-order valence-electron chi connectivity index (χ1n) is 3.82. The molecular weight excluding hydrogens is 186 g/mol. The summed E-state index contributed by atoms with van der Waals surface area (Å²) in [6, 6.07) is 3.59. The van der Waals surface area contributed by atoms with E-state index in [4.69, 9.17) is 5.11 Å². The number of nitrogens with one attached hydrogen (secondary N) is 1. The predicted molar refractivity (Wildman–Crippen MR) is 47.2 cm³/mol. The summed E-state index contributed by atoms with van der Waals surface area (Å²) in [6.07, 6.45) is 0. The first-order chi connectivity index (χ1) is 6.50. The number of rotatable bonds is 2. The van der Waals surface area contributed by atoms with Gasteiger partial charge in [-0.15, -0.1) is 0 Å². The molecule has 1 aromatic carbocycles. The highest BCUT2D eigenvalue weighted by Crippen LogP contribution is 2.18. The van der Waals surface area contributed by atoms with Crippen molar-refractivity contribution in [1.82, 2.24) is 0 Å². The van der Waals surface area contributed by atoms with Crippen LogP contribution in [0.25, 0.3) is 0 Å². The molecule has 1 aromatic rings. The van der Waals surface area contributed by atoms with Crippen molar-refractivity contribution in [3.8, 4) is 5.75 Å². The maximum atomic E-state index is 11.0. The van der Waals surface area contributed by atoms with E-state index in [0.717, 1.165) is 12.1 Å². The molecule has 0 aliphatic carbocycles. The summed E-state index contributed by atoms with van der Waals surface area (Å²) >= 11 is 0. The van der Waals surface area contributed by atoms with E-state index in [1.807, 2.05) is 0 Å². The molecule has 0 aromatic heterocycles. The third kappa shape index (κ3) is 2.22. The molecule has 1 rings (SSSR count). The summed E-state index contributed by atoms with van der Waals surface area (Å²) in [5.41, 5.74) is -0.0502. The summed E-state index contributed by atoms with van der Waals surface area (Å²) in [5.74, 6) is -2.20. The smallest absolute Gasteiger partial charge is 0.335 e. The first kappa shape index (κ1) is 10.0. The minimum absolute atomic E-state index is 0.300.